The minimum atomic E-state index is -0.0352. The third kappa shape index (κ3) is 6.23. The van der Waals surface area contributed by atoms with Crippen molar-refractivity contribution < 1.29 is 4.79 Å². The van der Waals surface area contributed by atoms with Gasteiger partial charge in [-0.3, -0.25) is 9.69 Å². The van der Waals surface area contributed by atoms with E-state index in [1.165, 1.54) is 16.7 Å². The molecule has 1 aliphatic rings. The Balaban J connectivity index is 1.26. The van der Waals surface area contributed by atoms with Gasteiger partial charge in [-0.2, -0.15) is 0 Å². The fraction of sp³-hybridized carbons (Fsp3) is 0.226. The summed E-state index contributed by atoms with van der Waals surface area (Å²) >= 11 is 1.63. The minimum absolute atomic E-state index is 0.0352. The average molecular weight is 494 g/mol. The second kappa shape index (κ2) is 12.0. The molecule has 1 fully saturated rings. The van der Waals surface area contributed by atoms with E-state index in [-0.39, 0.29) is 17.2 Å². The number of carbonyl (C=O) groups is 1. The van der Waals surface area contributed by atoms with Crippen molar-refractivity contribution in [2.24, 2.45) is 0 Å². The van der Waals surface area contributed by atoms with E-state index in [4.69, 9.17) is 0 Å². The molecular formula is C31H31N3OS. The summed E-state index contributed by atoms with van der Waals surface area (Å²) in [7, 11) is 0. The number of amides is 1. The number of rotatable bonds is 8. The zero-order valence-electron chi connectivity index (χ0n) is 20.3. The number of carbonyl (C=O) groups excluding carboxylic acids is 1. The molecule has 4 nitrogen and oxygen atoms in total. The van der Waals surface area contributed by atoms with E-state index in [2.05, 4.69) is 94.1 Å². The van der Waals surface area contributed by atoms with Gasteiger partial charge in [0.15, 0.2) is 0 Å². The molecule has 4 aromatic rings. The van der Waals surface area contributed by atoms with Crippen LogP contribution in [0, 0.1) is 0 Å². The van der Waals surface area contributed by atoms with E-state index >= 15 is 0 Å². The first-order valence-electron chi connectivity index (χ1n) is 12.5. The maximum Gasteiger partial charge on any atom is 0.254 e. The van der Waals surface area contributed by atoms with Crippen molar-refractivity contribution in [3.63, 3.8) is 0 Å². The molecule has 2 heterocycles. The molecule has 0 atom stereocenters. The smallest absolute Gasteiger partial charge is 0.254 e. The largest absolute Gasteiger partial charge is 0.349 e. The summed E-state index contributed by atoms with van der Waals surface area (Å²) in [6.07, 6.45) is 3.68. The standard InChI is InChI=1S/C31H31N3OS/c35-30(33-27-18-21-34(22-19-27)23-24-11-4-1-5-12-24)28-17-10-20-32-31(28)36-29(25-13-6-2-7-14-25)26-15-8-3-9-16-26/h1-17,20,27,29H,18-19,21-23H2,(H,33,35). The number of thioether (sulfide) groups is 1. The molecule has 5 rings (SSSR count). The highest BCUT2D eigenvalue weighted by Crippen LogP contribution is 2.40. The van der Waals surface area contributed by atoms with E-state index < -0.39 is 0 Å². The second-order valence-electron chi connectivity index (χ2n) is 9.18. The molecule has 0 spiro atoms. The number of nitrogens with zero attached hydrogens (tertiary/aromatic N) is 2. The van der Waals surface area contributed by atoms with Crippen LogP contribution in [0.3, 0.4) is 0 Å². The Morgan fingerprint density at radius 3 is 2.03 bits per heavy atom. The number of piperidine rings is 1. The molecule has 0 saturated carbocycles. The van der Waals surface area contributed by atoms with Crippen LogP contribution in [-0.2, 0) is 6.54 Å². The third-order valence-corrected chi connectivity index (χ3v) is 7.95. The van der Waals surface area contributed by atoms with Crippen LogP contribution in [0.5, 0.6) is 0 Å². The third-order valence-electron chi connectivity index (χ3n) is 6.62. The van der Waals surface area contributed by atoms with Gasteiger partial charge >= 0.3 is 0 Å². The first-order chi connectivity index (χ1) is 17.8. The molecule has 3 aromatic carbocycles. The molecule has 1 aromatic heterocycles. The molecule has 0 aliphatic carbocycles. The topological polar surface area (TPSA) is 45.2 Å². The monoisotopic (exact) mass is 493 g/mol. The summed E-state index contributed by atoms with van der Waals surface area (Å²) in [6, 6.07) is 35.3. The summed E-state index contributed by atoms with van der Waals surface area (Å²) < 4.78 is 0. The van der Waals surface area contributed by atoms with Gasteiger partial charge in [0.25, 0.3) is 5.91 Å². The second-order valence-corrected chi connectivity index (χ2v) is 10.3. The van der Waals surface area contributed by atoms with Gasteiger partial charge in [0.2, 0.25) is 0 Å². The summed E-state index contributed by atoms with van der Waals surface area (Å²) in [5, 5.41) is 4.10. The predicted octanol–water partition coefficient (Wildman–Crippen LogP) is 6.36. The van der Waals surface area contributed by atoms with Crippen molar-refractivity contribution in [2.75, 3.05) is 13.1 Å². The van der Waals surface area contributed by atoms with Crippen molar-refractivity contribution in [2.45, 2.75) is 35.7 Å². The van der Waals surface area contributed by atoms with Crippen LogP contribution < -0.4 is 5.32 Å². The SMILES string of the molecule is O=C(NC1CCN(Cc2ccccc2)CC1)c1cccnc1SC(c1ccccc1)c1ccccc1. The highest BCUT2D eigenvalue weighted by atomic mass is 32.2. The zero-order valence-corrected chi connectivity index (χ0v) is 21.1. The summed E-state index contributed by atoms with van der Waals surface area (Å²) in [5.41, 5.74) is 4.36. The number of likely N-dealkylation sites (tertiary alicyclic amines) is 1. The number of hydrogen-bond donors (Lipinski definition) is 1. The molecule has 1 amide bonds. The maximum absolute atomic E-state index is 13.4. The predicted molar refractivity (Wildman–Crippen MR) is 147 cm³/mol. The molecule has 5 heteroatoms. The Morgan fingerprint density at radius 2 is 1.42 bits per heavy atom. The van der Waals surface area contributed by atoms with E-state index in [1.54, 1.807) is 18.0 Å². The lowest BCUT2D eigenvalue weighted by atomic mass is 10.0. The van der Waals surface area contributed by atoms with Crippen LogP contribution in [-0.4, -0.2) is 34.9 Å². The molecule has 0 unspecified atom stereocenters. The van der Waals surface area contributed by atoms with Gasteiger partial charge in [-0.25, -0.2) is 4.98 Å². The van der Waals surface area contributed by atoms with Crippen LogP contribution in [0.15, 0.2) is 114 Å². The maximum atomic E-state index is 13.4. The number of aromatic nitrogens is 1. The lowest BCUT2D eigenvalue weighted by Gasteiger charge is -2.32. The van der Waals surface area contributed by atoms with Gasteiger partial charge in [-0.15, -0.1) is 0 Å². The average Bonchev–Trinajstić information content (AvgIpc) is 2.94. The zero-order chi connectivity index (χ0) is 24.6. The van der Waals surface area contributed by atoms with E-state index in [9.17, 15) is 4.79 Å². The molecule has 1 saturated heterocycles. The summed E-state index contributed by atoms with van der Waals surface area (Å²) in [6.45, 7) is 2.93. The quantitative estimate of drug-likeness (QED) is 0.290. The van der Waals surface area contributed by atoms with Gasteiger partial charge in [0.05, 0.1) is 10.8 Å². The Morgan fingerprint density at radius 1 is 0.833 bits per heavy atom. The van der Waals surface area contributed by atoms with Gasteiger partial charge in [0, 0.05) is 31.9 Å². The van der Waals surface area contributed by atoms with Crippen molar-refractivity contribution in [3.05, 3.63) is 132 Å². The normalized spacial score (nSPS) is 14.6. The fourth-order valence-corrected chi connectivity index (χ4v) is 5.91. The molecule has 0 bridgehead atoms. The number of hydrogen-bond acceptors (Lipinski definition) is 4. The van der Waals surface area contributed by atoms with Crippen LogP contribution in [0.1, 0.15) is 45.1 Å². The molecule has 182 valence electrons. The number of nitrogens with one attached hydrogen (secondary N) is 1. The van der Waals surface area contributed by atoms with Crippen LogP contribution in [0.2, 0.25) is 0 Å². The van der Waals surface area contributed by atoms with Gasteiger partial charge < -0.3 is 5.32 Å². The van der Waals surface area contributed by atoms with Gasteiger partial charge in [0.1, 0.15) is 5.03 Å². The highest BCUT2D eigenvalue weighted by molar-refractivity contribution is 7.99. The fourth-order valence-electron chi connectivity index (χ4n) is 4.69. The van der Waals surface area contributed by atoms with E-state index in [0.29, 0.717) is 5.56 Å². The number of pyridine rings is 1. The lowest BCUT2D eigenvalue weighted by Crippen LogP contribution is -2.44. The molecule has 0 radical (unpaired) electrons. The van der Waals surface area contributed by atoms with E-state index in [1.807, 2.05) is 24.3 Å². The Hall–Kier alpha value is -3.41. The lowest BCUT2D eigenvalue weighted by molar-refractivity contribution is 0.0905. The van der Waals surface area contributed by atoms with Crippen LogP contribution in [0.25, 0.3) is 0 Å². The van der Waals surface area contributed by atoms with Gasteiger partial charge in [-0.05, 0) is 41.7 Å². The minimum Gasteiger partial charge on any atom is -0.349 e. The Kier molecular flexibility index (Phi) is 8.11. The summed E-state index contributed by atoms with van der Waals surface area (Å²) in [4.78, 5) is 20.5. The van der Waals surface area contributed by atoms with Crippen LogP contribution >= 0.6 is 11.8 Å². The molecule has 1 aliphatic heterocycles. The van der Waals surface area contributed by atoms with Crippen molar-refractivity contribution in [3.8, 4) is 0 Å². The van der Waals surface area contributed by atoms with E-state index in [0.717, 1.165) is 37.5 Å². The number of benzene rings is 3. The van der Waals surface area contributed by atoms with Crippen molar-refractivity contribution in [1.82, 2.24) is 15.2 Å². The molecular weight excluding hydrogens is 462 g/mol. The summed E-state index contributed by atoms with van der Waals surface area (Å²) in [5.74, 6) is -0.0352. The Labute approximate surface area is 217 Å². The molecule has 36 heavy (non-hydrogen) atoms. The van der Waals surface area contributed by atoms with Crippen molar-refractivity contribution in [1.29, 1.82) is 0 Å². The van der Waals surface area contributed by atoms with Crippen molar-refractivity contribution >= 4 is 17.7 Å². The highest BCUT2D eigenvalue weighted by Gasteiger charge is 2.24. The van der Waals surface area contributed by atoms with Crippen LogP contribution in [0.4, 0.5) is 0 Å². The first kappa shape index (κ1) is 24.3. The first-order valence-corrected chi connectivity index (χ1v) is 13.4. The molecule has 1 N–H and O–H groups in total. The van der Waals surface area contributed by atoms with Gasteiger partial charge in [-0.1, -0.05) is 103 Å². The Bertz CT molecular complexity index is 1200.